The van der Waals surface area contributed by atoms with Gasteiger partial charge in [0.1, 0.15) is 11.8 Å². The van der Waals surface area contributed by atoms with E-state index in [-0.39, 0.29) is 17.3 Å². The number of carbonyl (C=O) groups is 3. The summed E-state index contributed by atoms with van der Waals surface area (Å²) in [6.45, 7) is 1.02. The number of alkyl halides is 3. The molecule has 0 bridgehead atoms. The number of aromatic nitrogens is 1. The van der Waals surface area contributed by atoms with Gasteiger partial charge in [0, 0.05) is 28.4 Å². The molecule has 2 saturated heterocycles. The number of para-hydroxylation sites is 1. The third kappa shape index (κ3) is 4.95. The Kier molecular flexibility index (Phi) is 7.39. The molecule has 0 aliphatic carbocycles. The molecule has 2 fully saturated rings. The van der Waals surface area contributed by atoms with Gasteiger partial charge in [-0.3, -0.25) is 23.7 Å². The minimum atomic E-state index is -4.78. The van der Waals surface area contributed by atoms with Crippen LogP contribution >= 0.6 is 39.0 Å². The second kappa shape index (κ2) is 10.7. The van der Waals surface area contributed by atoms with Gasteiger partial charge in [-0.1, -0.05) is 63.3 Å². The molecule has 0 N–H and O–H groups in total. The zero-order chi connectivity index (χ0) is 29.1. The maximum atomic E-state index is 13.9. The Balaban J connectivity index is 1.45. The van der Waals surface area contributed by atoms with Gasteiger partial charge in [0.15, 0.2) is 0 Å². The van der Waals surface area contributed by atoms with Gasteiger partial charge in [0.25, 0.3) is 0 Å². The summed E-state index contributed by atoms with van der Waals surface area (Å²) in [6, 6.07) is 11.6. The molecular formula is C28H23BrF3N3O4S2. The summed E-state index contributed by atoms with van der Waals surface area (Å²) < 4.78 is 43.9. The third-order valence-corrected chi connectivity index (χ3v) is 10.9. The van der Waals surface area contributed by atoms with Crippen LogP contribution in [0.15, 0.2) is 62.8 Å². The van der Waals surface area contributed by atoms with E-state index >= 15 is 0 Å². The average Bonchev–Trinajstić information content (AvgIpc) is 3.39. The van der Waals surface area contributed by atoms with E-state index in [1.807, 2.05) is 0 Å². The summed E-state index contributed by atoms with van der Waals surface area (Å²) in [4.78, 5) is 56.7. The van der Waals surface area contributed by atoms with Crippen molar-refractivity contribution >= 4 is 62.4 Å². The van der Waals surface area contributed by atoms with Crippen LogP contribution in [0.25, 0.3) is 0 Å². The minimum absolute atomic E-state index is 0.204. The van der Waals surface area contributed by atoms with Crippen molar-refractivity contribution in [1.82, 2.24) is 9.47 Å². The van der Waals surface area contributed by atoms with Crippen molar-refractivity contribution in [2.24, 2.45) is 5.92 Å². The molecule has 214 valence electrons. The van der Waals surface area contributed by atoms with E-state index in [9.17, 15) is 32.3 Å². The summed E-state index contributed by atoms with van der Waals surface area (Å²) in [5.74, 6) is -3.52. The van der Waals surface area contributed by atoms with Gasteiger partial charge in [-0.25, -0.2) is 4.90 Å². The summed E-state index contributed by atoms with van der Waals surface area (Å²) >= 11 is 5.29. The first-order valence-electron chi connectivity index (χ1n) is 13.0. The van der Waals surface area contributed by atoms with Gasteiger partial charge >= 0.3 is 11.0 Å². The number of hydrogen-bond acceptors (Lipinski definition) is 6. The van der Waals surface area contributed by atoms with Gasteiger partial charge in [-0.2, -0.15) is 13.2 Å². The summed E-state index contributed by atoms with van der Waals surface area (Å²) in [5.41, 5.74) is -0.947. The van der Waals surface area contributed by atoms with E-state index in [2.05, 4.69) is 15.9 Å². The second-order valence-electron chi connectivity index (χ2n) is 10.2. The average molecular weight is 667 g/mol. The lowest BCUT2D eigenvalue weighted by molar-refractivity contribution is -0.137. The predicted octanol–water partition coefficient (Wildman–Crippen LogP) is 5.50. The number of thiazole rings is 1. The lowest BCUT2D eigenvalue weighted by atomic mass is 9.83. The van der Waals surface area contributed by atoms with Gasteiger partial charge in [-0.05, 0) is 49.1 Å². The standard InChI is InChI=1S/C28H23BrF3N3O4S2/c29-16-10-8-15(9-11-16)20-21-22(25(38)35(24(21)37)18-7-3-2-6-17(18)28(30,31)32)40-26-23(20)41-27(39)34(26)14-19(36)33-12-4-1-5-13-33/h2-3,6-11,20-22H,1,4-5,12-14H2. The van der Waals surface area contributed by atoms with E-state index in [0.717, 1.165) is 59.0 Å². The van der Waals surface area contributed by atoms with Crippen LogP contribution in [-0.2, 0) is 27.1 Å². The monoisotopic (exact) mass is 665 g/mol. The molecule has 3 aliphatic rings. The van der Waals surface area contributed by atoms with Gasteiger partial charge in [0.05, 0.1) is 22.2 Å². The number of nitrogens with zero attached hydrogens (tertiary/aromatic N) is 3. The lowest BCUT2D eigenvalue weighted by Crippen LogP contribution is -2.39. The van der Waals surface area contributed by atoms with Gasteiger partial charge < -0.3 is 4.90 Å². The fraction of sp³-hybridized carbons (Fsp3) is 0.357. The van der Waals surface area contributed by atoms with E-state index in [1.165, 1.54) is 16.7 Å². The first-order valence-corrected chi connectivity index (χ1v) is 15.5. The van der Waals surface area contributed by atoms with Crippen molar-refractivity contribution < 1.29 is 27.6 Å². The molecule has 7 nitrogen and oxygen atoms in total. The molecule has 0 spiro atoms. The molecule has 13 heteroatoms. The number of thioether (sulfide) groups is 1. The zero-order valence-electron chi connectivity index (χ0n) is 21.4. The highest BCUT2D eigenvalue weighted by Crippen LogP contribution is 2.54. The molecule has 4 heterocycles. The molecule has 3 aliphatic heterocycles. The van der Waals surface area contributed by atoms with E-state index < -0.39 is 46.3 Å². The van der Waals surface area contributed by atoms with Crippen LogP contribution in [0, 0.1) is 5.92 Å². The molecule has 3 amide bonds. The normalized spacial score (nSPS) is 22.6. The number of benzene rings is 2. The van der Waals surface area contributed by atoms with E-state index in [0.29, 0.717) is 33.5 Å². The predicted molar refractivity (Wildman–Crippen MR) is 152 cm³/mol. The zero-order valence-corrected chi connectivity index (χ0v) is 24.6. The molecule has 41 heavy (non-hydrogen) atoms. The largest absolute Gasteiger partial charge is 0.418 e. The Morgan fingerprint density at radius 1 is 0.951 bits per heavy atom. The second-order valence-corrected chi connectivity index (χ2v) is 13.2. The first-order chi connectivity index (χ1) is 19.6. The van der Waals surface area contributed by atoms with Crippen LogP contribution in [0.3, 0.4) is 0 Å². The number of halogens is 4. The number of fused-ring (bicyclic) bond motifs is 2. The molecule has 2 aromatic carbocycles. The summed E-state index contributed by atoms with van der Waals surface area (Å²) in [5, 5.41) is -0.665. The van der Waals surface area contributed by atoms with Crippen molar-refractivity contribution in [2.75, 3.05) is 18.0 Å². The van der Waals surface area contributed by atoms with Crippen LogP contribution in [0.5, 0.6) is 0 Å². The fourth-order valence-corrected chi connectivity index (χ4v) is 8.85. The number of carbonyl (C=O) groups excluding carboxylic acids is 3. The Hall–Kier alpha value is -2.90. The van der Waals surface area contributed by atoms with Crippen LogP contribution in [0.1, 0.15) is 41.2 Å². The number of amides is 3. The molecule has 1 aromatic heterocycles. The van der Waals surface area contributed by atoms with Crippen LogP contribution < -0.4 is 9.77 Å². The molecule has 0 radical (unpaired) electrons. The SMILES string of the molecule is O=C(Cn1c2c(sc1=O)C(c1ccc(Br)cc1)C1C(=O)N(c3ccccc3C(F)(F)F)C(=O)C1S2)N1CCCCC1. The van der Waals surface area contributed by atoms with Crippen molar-refractivity contribution in [1.29, 1.82) is 0 Å². The summed E-state index contributed by atoms with van der Waals surface area (Å²) in [6.07, 6.45) is -1.97. The van der Waals surface area contributed by atoms with E-state index in [1.54, 1.807) is 29.2 Å². The maximum Gasteiger partial charge on any atom is 0.418 e. The number of imide groups is 1. The number of anilines is 1. The Bertz CT molecular complexity index is 1600. The van der Waals surface area contributed by atoms with Crippen LogP contribution in [-0.4, -0.2) is 45.5 Å². The number of rotatable bonds is 4. The highest BCUT2D eigenvalue weighted by molar-refractivity contribution is 9.10. The van der Waals surface area contributed by atoms with Crippen LogP contribution in [0.4, 0.5) is 18.9 Å². The quantitative estimate of drug-likeness (QED) is 0.344. The fourth-order valence-electron chi connectivity index (χ4n) is 5.81. The lowest BCUT2D eigenvalue weighted by Gasteiger charge is -2.31. The highest BCUT2D eigenvalue weighted by atomic mass is 79.9. The molecule has 0 saturated carbocycles. The molecule has 6 rings (SSSR count). The number of hydrogen-bond donors (Lipinski definition) is 0. The highest BCUT2D eigenvalue weighted by Gasteiger charge is 2.57. The number of likely N-dealkylation sites (tertiary alicyclic amines) is 1. The first kappa shape index (κ1) is 28.2. The van der Waals surface area contributed by atoms with Crippen molar-refractivity contribution in [3.05, 3.63) is 78.7 Å². The Morgan fingerprint density at radius 2 is 1.63 bits per heavy atom. The van der Waals surface area contributed by atoms with Crippen molar-refractivity contribution in [3.63, 3.8) is 0 Å². The Labute approximate surface area is 249 Å². The number of piperidine rings is 1. The Morgan fingerprint density at radius 3 is 2.32 bits per heavy atom. The molecular weight excluding hydrogens is 643 g/mol. The van der Waals surface area contributed by atoms with Gasteiger partial charge in [-0.15, -0.1) is 0 Å². The summed E-state index contributed by atoms with van der Waals surface area (Å²) in [7, 11) is 0. The van der Waals surface area contributed by atoms with Gasteiger partial charge in [0.2, 0.25) is 17.7 Å². The van der Waals surface area contributed by atoms with E-state index in [4.69, 9.17) is 0 Å². The maximum absolute atomic E-state index is 13.9. The topological polar surface area (TPSA) is 79.7 Å². The van der Waals surface area contributed by atoms with Crippen LogP contribution in [0.2, 0.25) is 0 Å². The molecule has 3 atom stereocenters. The minimum Gasteiger partial charge on any atom is -0.341 e. The third-order valence-electron chi connectivity index (χ3n) is 7.73. The molecule has 3 unspecified atom stereocenters. The van der Waals surface area contributed by atoms with Crippen molar-refractivity contribution in [2.45, 2.75) is 48.2 Å². The smallest absolute Gasteiger partial charge is 0.341 e. The van der Waals surface area contributed by atoms with Crippen molar-refractivity contribution in [3.8, 4) is 0 Å². The molecule has 3 aromatic rings.